The van der Waals surface area contributed by atoms with Crippen LogP contribution in [0.3, 0.4) is 0 Å². The van der Waals surface area contributed by atoms with Gasteiger partial charge in [-0.25, -0.2) is 0 Å². The van der Waals surface area contributed by atoms with Crippen LogP contribution in [-0.4, -0.2) is 49.4 Å². The van der Waals surface area contributed by atoms with Gasteiger partial charge in [0.1, 0.15) is 19.2 Å². The molecule has 9 nitrogen and oxygen atoms in total. The Morgan fingerprint density at radius 3 is 2.03 bits per heavy atom. The van der Waals surface area contributed by atoms with Crippen LogP contribution in [0.15, 0.2) is 60.7 Å². The van der Waals surface area contributed by atoms with Crippen LogP contribution < -0.4 is 21.7 Å². The number of nitrogens with two attached hydrogens (primary N) is 1. The average molecular weight is 426 g/mol. The minimum Gasteiger partial charge on any atom is -0.460 e. The third-order valence-corrected chi connectivity index (χ3v) is 4.22. The number of esters is 1. The van der Waals surface area contributed by atoms with Crippen LogP contribution in [0, 0.1) is 0 Å². The fourth-order valence-corrected chi connectivity index (χ4v) is 2.63. The van der Waals surface area contributed by atoms with Crippen LogP contribution in [0.25, 0.3) is 0 Å². The highest BCUT2D eigenvalue weighted by atomic mass is 16.5. The molecule has 0 saturated heterocycles. The van der Waals surface area contributed by atoms with Crippen molar-refractivity contribution in [3.05, 3.63) is 71.8 Å². The summed E-state index contributed by atoms with van der Waals surface area (Å²) in [5.41, 5.74) is 6.84. The SMILES string of the molecule is NCC(=O)NCC(=O)N[C@@H](Cc1ccccc1)C(=O)NCC(=O)OCc1ccccc1. The number of hydrogen-bond acceptors (Lipinski definition) is 6. The van der Waals surface area contributed by atoms with Crippen LogP contribution in [-0.2, 0) is 36.9 Å². The van der Waals surface area contributed by atoms with Gasteiger partial charge >= 0.3 is 5.97 Å². The molecule has 0 radical (unpaired) electrons. The first-order chi connectivity index (χ1) is 15.0. The molecule has 3 amide bonds. The van der Waals surface area contributed by atoms with Crippen molar-refractivity contribution < 1.29 is 23.9 Å². The van der Waals surface area contributed by atoms with Gasteiger partial charge in [-0.05, 0) is 11.1 Å². The van der Waals surface area contributed by atoms with Crippen LogP contribution in [0.1, 0.15) is 11.1 Å². The Hall–Kier alpha value is -3.72. The van der Waals surface area contributed by atoms with Crippen molar-refractivity contribution in [2.24, 2.45) is 5.73 Å². The summed E-state index contributed by atoms with van der Waals surface area (Å²) in [5.74, 6) is -2.18. The van der Waals surface area contributed by atoms with E-state index in [0.29, 0.717) is 0 Å². The van der Waals surface area contributed by atoms with Crippen molar-refractivity contribution in [2.45, 2.75) is 19.1 Å². The van der Waals surface area contributed by atoms with Gasteiger partial charge in [-0.2, -0.15) is 0 Å². The van der Waals surface area contributed by atoms with Gasteiger partial charge in [-0.15, -0.1) is 0 Å². The highest BCUT2D eigenvalue weighted by Gasteiger charge is 2.22. The standard InChI is InChI=1S/C22H26N4O5/c23-12-19(27)24-13-20(28)26-18(11-16-7-3-1-4-8-16)22(30)25-14-21(29)31-15-17-9-5-2-6-10-17/h1-10,18H,11-15,23H2,(H,24,27)(H,25,30)(H,26,28)/t18-/m0/s1. The van der Waals surface area contributed by atoms with E-state index in [1.54, 1.807) is 0 Å². The molecule has 0 aliphatic rings. The molecular weight excluding hydrogens is 400 g/mol. The molecule has 0 heterocycles. The Bertz CT molecular complexity index is 874. The highest BCUT2D eigenvalue weighted by molar-refractivity contribution is 5.91. The summed E-state index contributed by atoms with van der Waals surface area (Å²) in [6.45, 7) is -0.794. The summed E-state index contributed by atoms with van der Waals surface area (Å²) < 4.78 is 5.13. The van der Waals surface area contributed by atoms with Crippen molar-refractivity contribution in [2.75, 3.05) is 19.6 Å². The van der Waals surface area contributed by atoms with E-state index >= 15 is 0 Å². The van der Waals surface area contributed by atoms with Crippen molar-refractivity contribution >= 4 is 23.7 Å². The van der Waals surface area contributed by atoms with E-state index in [2.05, 4.69) is 16.0 Å². The third kappa shape index (κ3) is 9.09. The molecule has 0 spiro atoms. The largest absolute Gasteiger partial charge is 0.460 e. The third-order valence-electron chi connectivity index (χ3n) is 4.22. The van der Waals surface area contributed by atoms with Gasteiger partial charge in [0.2, 0.25) is 17.7 Å². The summed E-state index contributed by atoms with van der Waals surface area (Å²) in [6, 6.07) is 17.3. The van der Waals surface area contributed by atoms with E-state index in [-0.39, 0.29) is 32.7 Å². The van der Waals surface area contributed by atoms with E-state index in [1.165, 1.54) is 0 Å². The molecule has 0 saturated carbocycles. The molecule has 1 atom stereocenters. The van der Waals surface area contributed by atoms with Gasteiger partial charge in [0.15, 0.2) is 0 Å². The second-order valence-electron chi connectivity index (χ2n) is 6.65. The number of hydrogen-bond donors (Lipinski definition) is 4. The zero-order valence-corrected chi connectivity index (χ0v) is 17.0. The molecule has 0 bridgehead atoms. The lowest BCUT2D eigenvalue weighted by Gasteiger charge is -2.19. The van der Waals surface area contributed by atoms with Crippen molar-refractivity contribution in [1.29, 1.82) is 0 Å². The van der Waals surface area contributed by atoms with Gasteiger partial charge in [0, 0.05) is 6.42 Å². The van der Waals surface area contributed by atoms with E-state index in [4.69, 9.17) is 10.5 Å². The minimum absolute atomic E-state index is 0.0978. The number of carbonyl (C=O) groups excluding carboxylic acids is 4. The highest BCUT2D eigenvalue weighted by Crippen LogP contribution is 2.04. The molecule has 0 aromatic heterocycles. The molecular formula is C22H26N4O5. The fraction of sp³-hybridized carbons (Fsp3) is 0.273. The predicted molar refractivity (Wildman–Crippen MR) is 113 cm³/mol. The normalized spacial score (nSPS) is 11.1. The number of ether oxygens (including phenoxy) is 1. The number of amides is 3. The first-order valence-corrected chi connectivity index (χ1v) is 9.75. The fourth-order valence-electron chi connectivity index (χ4n) is 2.63. The lowest BCUT2D eigenvalue weighted by molar-refractivity contribution is -0.145. The maximum absolute atomic E-state index is 12.6. The molecule has 0 aliphatic carbocycles. The first-order valence-electron chi connectivity index (χ1n) is 9.75. The second kappa shape index (κ2) is 12.8. The molecule has 0 aliphatic heterocycles. The van der Waals surface area contributed by atoms with E-state index in [1.807, 2.05) is 60.7 Å². The maximum atomic E-state index is 12.6. The Morgan fingerprint density at radius 2 is 1.42 bits per heavy atom. The number of carbonyl (C=O) groups is 4. The maximum Gasteiger partial charge on any atom is 0.325 e. The van der Waals surface area contributed by atoms with Crippen molar-refractivity contribution in [1.82, 2.24) is 16.0 Å². The summed E-state index contributed by atoms with van der Waals surface area (Å²) in [4.78, 5) is 47.9. The Balaban J connectivity index is 1.89. The topological polar surface area (TPSA) is 140 Å². The predicted octanol–water partition coefficient (Wildman–Crippen LogP) is -0.352. The molecule has 2 rings (SSSR count). The molecule has 2 aromatic carbocycles. The molecule has 0 fully saturated rings. The molecule has 5 N–H and O–H groups in total. The van der Waals surface area contributed by atoms with E-state index in [9.17, 15) is 19.2 Å². The van der Waals surface area contributed by atoms with Gasteiger partial charge in [-0.3, -0.25) is 19.2 Å². The van der Waals surface area contributed by atoms with Crippen LogP contribution in [0.2, 0.25) is 0 Å². The zero-order valence-electron chi connectivity index (χ0n) is 17.0. The number of rotatable bonds is 11. The van der Waals surface area contributed by atoms with Gasteiger partial charge in [-0.1, -0.05) is 60.7 Å². The van der Waals surface area contributed by atoms with Gasteiger partial charge in [0.25, 0.3) is 0 Å². The molecule has 9 heteroatoms. The summed E-state index contributed by atoms with van der Waals surface area (Å²) in [5, 5.41) is 7.39. The summed E-state index contributed by atoms with van der Waals surface area (Å²) in [7, 11) is 0. The monoisotopic (exact) mass is 426 g/mol. The summed E-state index contributed by atoms with van der Waals surface area (Å²) >= 11 is 0. The van der Waals surface area contributed by atoms with Crippen LogP contribution >= 0.6 is 0 Å². The lowest BCUT2D eigenvalue weighted by atomic mass is 10.1. The van der Waals surface area contributed by atoms with Crippen LogP contribution in [0.4, 0.5) is 0 Å². The minimum atomic E-state index is -0.938. The van der Waals surface area contributed by atoms with Gasteiger partial charge in [0.05, 0.1) is 13.1 Å². The smallest absolute Gasteiger partial charge is 0.325 e. The van der Waals surface area contributed by atoms with Gasteiger partial charge < -0.3 is 26.4 Å². The Labute approximate surface area is 180 Å². The van der Waals surface area contributed by atoms with Crippen LogP contribution in [0.5, 0.6) is 0 Å². The molecule has 2 aromatic rings. The average Bonchev–Trinajstić information content (AvgIpc) is 2.80. The van der Waals surface area contributed by atoms with E-state index < -0.39 is 29.7 Å². The number of nitrogens with one attached hydrogen (secondary N) is 3. The number of benzene rings is 2. The Morgan fingerprint density at radius 1 is 0.806 bits per heavy atom. The molecule has 0 unspecified atom stereocenters. The second-order valence-corrected chi connectivity index (χ2v) is 6.65. The Kier molecular flexibility index (Phi) is 9.70. The summed E-state index contributed by atoms with van der Waals surface area (Å²) in [6.07, 6.45) is 0.211. The molecule has 31 heavy (non-hydrogen) atoms. The van der Waals surface area contributed by atoms with Crippen molar-refractivity contribution in [3.63, 3.8) is 0 Å². The molecule has 164 valence electrons. The van der Waals surface area contributed by atoms with Crippen molar-refractivity contribution in [3.8, 4) is 0 Å². The van der Waals surface area contributed by atoms with E-state index in [0.717, 1.165) is 11.1 Å². The first kappa shape index (κ1) is 23.6. The zero-order chi connectivity index (χ0) is 22.5. The quantitative estimate of drug-likeness (QED) is 0.362. The lowest BCUT2D eigenvalue weighted by Crippen LogP contribution is -2.51.